The quantitative estimate of drug-likeness (QED) is 0.719. The van der Waals surface area contributed by atoms with Gasteiger partial charge in [-0.15, -0.1) is 10.2 Å². The van der Waals surface area contributed by atoms with Crippen LogP contribution in [0.15, 0.2) is 48.5 Å². The molecule has 4 rings (SSSR count). The number of hydrogen-bond donors (Lipinski definition) is 0. The first kappa shape index (κ1) is 16.9. The fourth-order valence-corrected chi connectivity index (χ4v) is 3.34. The molecule has 1 aliphatic heterocycles. The highest BCUT2D eigenvalue weighted by molar-refractivity contribution is 5.82. The molecule has 0 bridgehead atoms. The minimum Gasteiger partial charge on any atom is -0.329 e. The van der Waals surface area contributed by atoms with Gasteiger partial charge in [-0.05, 0) is 48.9 Å². The van der Waals surface area contributed by atoms with Crippen molar-refractivity contribution >= 4 is 5.91 Å². The van der Waals surface area contributed by atoms with E-state index in [1.807, 2.05) is 4.57 Å². The molecule has 1 aliphatic rings. The molecule has 1 aromatic heterocycles. The minimum absolute atomic E-state index is 0.0681. The van der Waals surface area contributed by atoms with Gasteiger partial charge in [0.1, 0.15) is 11.9 Å². The Morgan fingerprint density at radius 2 is 2.00 bits per heavy atom. The smallest absolute Gasteiger partial charge is 0.246 e. The number of amides is 1. The summed E-state index contributed by atoms with van der Waals surface area (Å²) in [6.07, 6.45) is 0. The molecule has 7 heteroatoms. The van der Waals surface area contributed by atoms with Gasteiger partial charge < -0.3 is 4.90 Å². The van der Waals surface area contributed by atoms with Gasteiger partial charge in [0, 0.05) is 12.1 Å². The minimum atomic E-state index is -0.469. The average Bonchev–Trinajstić information content (AvgIpc) is 3.10. The van der Waals surface area contributed by atoms with Gasteiger partial charge >= 0.3 is 0 Å². The topological polar surface area (TPSA) is 74.8 Å². The molecule has 0 aliphatic carbocycles. The van der Waals surface area contributed by atoms with Crippen molar-refractivity contribution in [1.29, 1.82) is 5.26 Å². The molecule has 0 fully saturated rings. The van der Waals surface area contributed by atoms with Crippen LogP contribution in [-0.4, -0.2) is 25.6 Å². The van der Waals surface area contributed by atoms with E-state index < -0.39 is 6.04 Å². The third-order valence-electron chi connectivity index (χ3n) is 4.69. The van der Waals surface area contributed by atoms with Crippen molar-refractivity contribution in [2.24, 2.45) is 0 Å². The second-order valence-electron chi connectivity index (χ2n) is 6.50. The van der Waals surface area contributed by atoms with Crippen molar-refractivity contribution in [3.05, 3.63) is 71.3 Å². The van der Waals surface area contributed by atoms with Crippen molar-refractivity contribution in [2.45, 2.75) is 26.1 Å². The van der Waals surface area contributed by atoms with E-state index in [0.29, 0.717) is 30.3 Å². The first-order valence-electron chi connectivity index (χ1n) is 8.54. The molecule has 0 saturated heterocycles. The van der Waals surface area contributed by atoms with Gasteiger partial charge in [-0.2, -0.15) is 5.26 Å². The maximum Gasteiger partial charge on any atom is 0.246 e. The first-order valence-corrected chi connectivity index (χ1v) is 8.54. The van der Waals surface area contributed by atoms with E-state index in [-0.39, 0.29) is 11.7 Å². The molecule has 2 aromatic carbocycles. The molecule has 0 unspecified atom stereocenters. The highest BCUT2D eigenvalue weighted by Gasteiger charge is 2.33. The maximum atomic E-state index is 13.4. The number of rotatable bonds is 3. The van der Waals surface area contributed by atoms with Gasteiger partial charge in [0.15, 0.2) is 11.6 Å². The SMILES string of the molecule is C[C@H]1C(=O)N(Cc2cccc(F)c2)Cc2nnc(-c3ccc(C#N)cc3)n21. The van der Waals surface area contributed by atoms with Crippen LogP contribution in [-0.2, 0) is 17.9 Å². The number of hydrogen-bond acceptors (Lipinski definition) is 4. The molecule has 3 aromatic rings. The molecule has 6 nitrogen and oxygen atoms in total. The van der Waals surface area contributed by atoms with E-state index in [2.05, 4.69) is 16.3 Å². The Labute approximate surface area is 155 Å². The summed E-state index contributed by atoms with van der Waals surface area (Å²) in [6, 6.07) is 14.9. The third-order valence-corrected chi connectivity index (χ3v) is 4.69. The van der Waals surface area contributed by atoms with Crippen LogP contribution >= 0.6 is 0 Å². The van der Waals surface area contributed by atoms with Crippen molar-refractivity contribution in [3.63, 3.8) is 0 Å². The number of benzene rings is 2. The number of carbonyl (C=O) groups excluding carboxylic acids is 1. The standard InChI is InChI=1S/C20H16FN5O/c1-13-20(27)25(11-15-3-2-4-17(21)9-15)12-18-23-24-19(26(13)18)16-7-5-14(10-22)6-8-16/h2-9,13H,11-12H2,1H3/t13-/m0/s1. The van der Waals surface area contributed by atoms with Crippen LogP contribution in [0, 0.1) is 17.1 Å². The number of fused-ring (bicyclic) bond motifs is 1. The van der Waals surface area contributed by atoms with Crippen LogP contribution in [0.3, 0.4) is 0 Å². The number of nitrogens with zero attached hydrogens (tertiary/aromatic N) is 5. The molecule has 1 amide bonds. The van der Waals surface area contributed by atoms with Crippen LogP contribution in [0.5, 0.6) is 0 Å². The monoisotopic (exact) mass is 361 g/mol. The first-order chi connectivity index (χ1) is 13.1. The van der Waals surface area contributed by atoms with Crippen molar-refractivity contribution in [1.82, 2.24) is 19.7 Å². The van der Waals surface area contributed by atoms with Gasteiger partial charge in [0.25, 0.3) is 0 Å². The number of halogens is 1. The normalized spacial score (nSPS) is 16.1. The Bertz CT molecular complexity index is 1050. The van der Waals surface area contributed by atoms with Gasteiger partial charge in [-0.3, -0.25) is 9.36 Å². The second kappa shape index (κ2) is 6.65. The number of aromatic nitrogens is 3. The highest BCUT2D eigenvalue weighted by atomic mass is 19.1. The van der Waals surface area contributed by atoms with Gasteiger partial charge in [-0.25, -0.2) is 4.39 Å². The summed E-state index contributed by atoms with van der Waals surface area (Å²) in [7, 11) is 0. The zero-order valence-corrected chi connectivity index (χ0v) is 14.6. The van der Waals surface area contributed by atoms with Gasteiger partial charge in [0.05, 0.1) is 18.2 Å². The number of carbonyl (C=O) groups is 1. The lowest BCUT2D eigenvalue weighted by Gasteiger charge is -2.32. The summed E-state index contributed by atoms with van der Waals surface area (Å²) in [4.78, 5) is 14.5. The van der Waals surface area contributed by atoms with Crippen molar-refractivity contribution < 1.29 is 9.18 Å². The molecule has 134 valence electrons. The molecular weight excluding hydrogens is 345 g/mol. The van der Waals surface area contributed by atoms with Gasteiger partial charge in [0.2, 0.25) is 5.91 Å². The summed E-state index contributed by atoms with van der Waals surface area (Å²) in [5.41, 5.74) is 2.09. The lowest BCUT2D eigenvalue weighted by molar-refractivity contribution is -0.137. The molecule has 0 radical (unpaired) electrons. The van der Waals surface area contributed by atoms with E-state index in [4.69, 9.17) is 5.26 Å². The maximum absolute atomic E-state index is 13.4. The highest BCUT2D eigenvalue weighted by Crippen LogP contribution is 2.29. The van der Waals surface area contributed by atoms with Crippen LogP contribution in [0.2, 0.25) is 0 Å². The largest absolute Gasteiger partial charge is 0.329 e. The van der Waals surface area contributed by atoms with E-state index in [1.165, 1.54) is 12.1 Å². The third kappa shape index (κ3) is 3.06. The van der Waals surface area contributed by atoms with Crippen molar-refractivity contribution in [3.8, 4) is 17.5 Å². The fraction of sp³-hybridized carbons (Fsp3) is 0.200. The van der Waals surface area contributed by atoms with Crippen LogP contribution in [0.25, 0.3) is 11.4 Å². The summed E-state index contributed by atoms with van der Waals surface area (Å²) in [5.74, 6) is 0.886. The van der Waals surface area contributed by atoms with Crippen molar-refractivity contribution in [2.75, 3.05) is 0 Å². The Balaban J connectivity index is 1.64. The zero-order chi connectivity index (χ0) is 19.0. The van der Waals surface area contributed by atoms with Crippen LogP contribution < -0.4 is 0 Å². The molecular formula is C20H16FN5O. The van der Waals surface area contributed by atoms with E-state index in [9.17, 15) is 9.18 Å². The van der Waals surface area contributed by atoms with Gasteiger partial charge in [-0.1, -0.05) is 12.1 Å². The van der Waals surface area contributed by atoms with E-state index in [0.717, 1.165) is 11.1 Å². The Morgan fingerprint density at radius 1 is 1.22 bits per heavy atom. The lowest BCUT2D eigenvalue weighted by Crippen LogP contribution is -2.41. The predicted molar refractivity (Wildman–Crippen MR) is 95.5 cm³/mol. The number of nitriles is 1. The van der Waals surface area contributed by atoms with Crippen LogP contribution in [0.4, 0.5) is 4.39 Å². The predicted octanol–water partition coefficient (Wildman–Crippen LogP) is 3.06. The summed E-state index contributed by atoms with van der Waals surface area (Å²) >= 11 is 0. The average molecular weight is 361 g/mol. The Kier molecular flexibility index (Phi) is 4.16. The zero-order valence-electron chi connectivity index (χ0n) is 14.6. The summed E-state index contributed by atoms with van der Waals surface area (Å²) < 4.78 is 15.3. The lowest BCUT2D eigenvalue weighted by atomic mass is 10.1. The molecule has 27 heavy (non-hydrogen) atoms. The molecule has 2 heterocycles. The van der Waals surface area contributed by atoms with Crippen LogP contribution in [0.1, 0.15) is 29.9 Å². The van der Waals surface area contributed by atoms with E-state index >= 15 is 0 Å². The molecule has 1 atom stereocenters. The Morgan fingerprint density at radius 3 is 2.70 bits per heavy atom. The molecule has 0 spiro atoms. The molecule has 0 saturated carbocycles. The summed E-state index contributed by atoms with van der Waals surface area (Å²) in [6.45, 7) is 2.43. The Hall–Kier alpha value is -3.53. The summed E-state index contributed by atoms with van der Waals surface area (Å²) in [5, 5.41) is 17.4. The second-order valence-corrected chi connectivity index (χ2v) is 6.50. The molecule has 0 N–H and O–H groups in total. The van der Waals surface area contributed by atoms with E-state index in [1.54, 1.807) is 48.2 Å². The fourth-order valence-electron chi connectivity index (χ4n) is 3.34.